The molecule has 0 radical (unpaired) electrons. The molecule has 166 valence electrons. The van der Waals surface area contributed by atoms with E-state index in [4.69, 9.17) is 21.1 Å². The van der Waals surface area contributed by atoms with Gasteiger partial charge in [-0.25, -0.2) is 4.79 Å². The molecule has 2 aromatic carbocycles. The number of imide groups is 1. The predicted octanol–water partition coefficient (Wildman–Crippen LogP) is 5.44. The number of carbonyl (C=O) groups excluding carboxylic acids is 2. The summed E-state index contributed by atoms with van der Waals surface area (Å²) >= 11 is 6.74. The molecule has 9 nitrogen and oxygen atoms in total. The van der Waals surface area contributed by atoms with Gasteiger partial charge in [0.25, 0.3) is 16.8 Å². The molecule has 0 atom stereocenters. The van der Waals surface area contributed by atoms with E-state index >= 15 is 0 Å². The van der Waals surface area contributed by atoms with E-state index in [1.54, 1.807) is 24.3 Å². The third kappa shape index (κ3) is 4.66. The van der Waals surface area contributed by atoms with E-state index in [9.17, 15) is 24.5 Å². The van der Waals surface area contributed by atoms with Crippen LogP contribution in [-0.2, 0) is 11.3 Å². The summed E-state index contributed by atoms with van der Waals surface area (Å²) in [5, 5.41) is 19.6. The summed E-state index contributed by atoms with van der Waals surface area (Å²) in [6, 6.07) is 13.3. The van der Waals surface area contributed by atoms with Crippen molar-refractivity contribution in [3.63, 3.8) is 0 Å². The molecular formula is C22H13ClN2O7S. The van der Waals surface area contributed by atoms with Crippen molar-refractivity contribution in [2.45, 2.75) is 6.54 Å². The zero-order chi connectivity index (χ0) is 23.7. The van der Waals surface area contributed by atoms with Gasteiger partial charge in [0.1, 0.15) is 11.5 Å². The molecule has 1 aliphatic heterocycles. The number of halogens is 1. The SMILES string of the molecule is O=C(O)c1ccc(-c2ccc(C=C3SC(=O)N(Cc4cccc([N+](=O)[O-])c4)C3=O)o2)cc1Cl. The number of carboxylic acid groups (broad SMARTS) is 1. The molecule has 0 aliphatic carbocycles. The Morgan fingerprint density at radius 3 is 2.67 bits per heavy atom. The van der Waals surface area contributed by atoms with Crippen molar-refractivity contribution in [1.82, 2.24) is 4.90 Å². The summed E-state index contributed by atoms with van der Waals surface area (Å²) in [4.78, 5) is 47.7. The maximum Gasteiger partial charge on any atom is 0.337 e. The summed E-state index contributed by atoms with van der Waals surface area (Å²) in [5.74, 6) is -0.976. The number of nitro groups is 1. The van der Waals surface area contributed by atoms with Gasteiger partial charge < -0.3 is 9.52 Å². The number of rotatable bonds is 6. The Hall–Kier alpha value is -3.89. The van der Waals surface area contributed by atoms with Crippen LogP contribution in [0, 0.1) is 10.1 Å². The Kier molecular flexibility index (Phi) is 6.03. The molecule has 0 bridgehead atoms. The number of amides is 2. The van der Waals surface area contributed by atoms with Crippen LogP contribution in [0.15, 0.2) is 63.9 Å². The van der Waals surface area contributed by atoms with Gasteiger partial charge in [0.15, 0.2) is 0 Å². The smallest absolute Gasteiger partial charge is 0.337 e. The highest BCUT2D eigenvalue weighted by molar-refractivity contribution is 8.18. The molecule has 1 fully saturated rings. The van der Waals surface area contributed by atoms with Crippen molar-refractivity contribution in [3.8, 4) is 11.3 Å². The van der Waals surface area contributed by atoms with Crippen molar-refractivity contribution in [2.75, 3.05) is 0 Å². The third-order valence-corrected chi connectivity index (χ3v) is 5.94. The van der Waals surface area contributed by atoms with E-state index in [0.717, 1.165) is 16.7 Å². The Bertz CT molecular complexity index is 1350. The average Bonchev–Trinajstić information content (AvgIpc) is 3.34. The van der Waals surface area contributed by atoms with Crippen LogP contribution in [0.2, 0.25) is 5.02 Å². The monoisotopic (exact) mass is 484 g/mol. The highest BCUT2D eigenvalue weighted by atomic mass is 35.5. The van der Waals surface area contributed by atoms with E-state index in [2.05, 4.69) is 0 Å². The number of hydrogen-bond donors (Lipinski definition) is 1. The van der Waals surface area contributed by atoms with E-state index in [1.807, 2.05) is 0 Å². The van der Waals surface area contributed by atoms with Crippen molar-refractivity contribution >= 4 is 52.2 Å². The van der Waals surface area contributed by atoms with Gasteiger partial charge in [-0.05, 0) is 41.6 Å². The molecule has 1 saturated heterocycles. The Balaban J connectivity index is 1.53. The first kappa shape index (κ1) is 22.3. The molecule has 2 heterocycles. The zero-order valence-electron chi connectivity index (χ0n) is 16.6. The van der Waals surface area contributed by atoms with Crippen LogP contribution in [0.3, 0.4) is 0 Å². The first-order chi connectivity index (χ1) is 15.7. The number of benzene rings is 2. The number of carbonyl (C=O) groups is 3. The van der Waals surface area contributed by atoms with E-state index in [-0.39, 0.29) is 27.7 Å². The van der Waals surface area contributed by atoms with Crippen LogP contribution in [0.25, 0.3) is 17.4 Å². The summed E-state index contributed by atoms with van der Waals surface area (Å²) in [5.41, 5.74) is 0.831. The highest BCUT2D eigenvalue weighted by Crippen LogP contribution is 2.35. The minimum Gasteiger partial charge on any atom is -0.478 e. The maximum absolute atomic E-state index is 12.7. The molecule has 0 unspecified atom stereocenters. The number of hydrogen-bond acceptors (Lipinski definition) is 7. The molecular weight excluding hydrogens is 472 g/mol. The fourth-order valence-corrected chi connectivity index (χ4v) is 4.22. The van der Waals surface area contributed by atoms with Crippen molar-refractivity contribution in [2.24, 2.45) is 0 Å². The summed E-state index contributed by atoms with van der Waals surface area (Å²) in [6.07, 6.45) is 1.43. The van der Waals surface area contributed by atoms with Crippen molar-refractivity contribution < 1.29 is 28.8 Å². The number of thioether (sulfide) groups is 1. The van der Waals surface area contributed by atoms with Gasteiger partial charge in [0.2, 0.25) is 0 Å². The lowest BCUT2D eigenvalue weighted by atomic mass is 10.1. The topological polar surface area (TPSA) is 131 Å². The number of non-ortho nitro benzene ring substituents is 1. The van der Waals surface area contributed by atoms with Crippen LogP contribution in [0.1, 0.15) is 21.7 Å². The number of aromatic carboxylic acids is 1. The van der Waals surface area contributed by atoms with E-state index < -0.39 is 22.0 Å². The largest absolute Gasteiger partial charge is 0.478 e. The Labute approximate surface area is 195 Å². The Morgan fingerprint density at radius 2 is 1.97 bits per heavy atom. The third-order valence-electron chi connectivity index (χ3n) is 4.72. The van der Waals surface area contributed by atoms with Gasteiger partial charge in [0.05, 0.1) is 27.0 Å². The molecule has 11 heteroatoms. The number of nitro benzene ring substituents is 1. The minimum absolute atomic E-state index is 0.0374. The zero-order valence-corrected chi connectivity index (χ0v) is 18.1. The highest BCUT2D eigenvalue weighted by Gasteiger charge is 2.35. The van der Waals surface area contributed by atoms with Gasteiger partial charge in [-0.2, -0.15) is 0 Å². The van der Waals surface area contributed by atoms with Crippen molar-refractivity contribution in [3.05, 3.63) is 91.5 Å². The van der Waals surface area contributed by atoms with E-state index in [0.29, 0.717) is 22.6 Å². The predicted molar refractivity (Wildman–Crippen MR) is 121 cm³/mol. The van der Waals surface area contributed by atoms with Gasteiger partial charge in [-0.3, -0.25) is 24.6 Å². The second-order valence-electron chi connectivity index (χ2n) is 6.90. The molecule has 1 N–H and O–H groups in total. The minimum atomic E-state index is -1.15. The molecule has 2 amide bonds. The van der Waals surface area contributed by atoms with Crippen LogP contribution in [0.5, 0.6) is 0 Å². The van der Waals surface area contributed by atoms with Gasteiger partial charge in [-0.15, -0.1) is 0 Å². The average molecular weight is 485 g/mol. The lowest BCUT2D eigenvalue weighted by molar-refractivity contribution is -0.384. The van der Waals surface area contributed by atoms with Crippen LogP contribution in [0.4, 0.5) is 10.5 Å². The molecule has 3 aromatic rings. The summed E-state index contributed by atoms with van der Waals surface area (Å²) in [6.45, 7) is -0.0957. The normalized spacial score (nSPS) is 14.8. The lowest BCUT2D eigenvalue weighted by Gasteiger charge is -2.12. The van der Waals surface area contributed by atoms with Gasteiger partial charge >= 0.3 is 5.97 Å². The van der Waals surface area contributed by atoms with Crippen LogP contribution >= 0.6 is 23.4 Å². The summed E-state index contributed by atoms with van der Waals surface area (Å²) in [7, 11) is 0. The van der Waals surface area contributed by atoms with Gasteiger partial charge in [0, 0.05) is 23.8 Å². The molecule has 1 aliphatic rings. The maximum atomic E-state index is 12.7. The van der Waals surface area contributed by atoms with Crippen LogP contribution in [-0.4, -0.2) is 32.0 Å². The van der Waals surface area contributed by atoms with Crippen molar-refractivity contribution in [1.29, 1.82) is 0 Å². The molecule has 0 spiro atoms. The number of nitrogens with zero attached hydrogens (tertiary/aromatic N) is 2. The molecule has 33 heavy (non-hydrogen) atoms. The quantitative estimate of drug-likeness (QED) is 0.278. The fraction of sp³-hybridized carbons (Fsp3) is 0.0455. The second-order valence-corrected chi connectivity index (χ2v) is 8.30. The number of carboxylic acids is 1. The van der Waals surface area contributed by atoms with Gasteiger partial charge in [-0.1, -0.05) is 29.8 Å². The fourth-order valence-electron chi connectivity index (χ4n) is 3.14. The first-order valence-corrected chi connectivity index (χ1v) is 10.5. The van der Waals surface area contributed by atoms with E-state index in [1.165, 1.54) is 36.4 Å². The molecule has 4 rings (SSSR count). The summed E-state index contributed by atoms with van der Waals surface area (Å²) < 4.78 is 5.71. The first-order valence-electron chi connectivity index (χ1n) is 9.34. The molecule has 1 aromatic heterocycles. The second kappa shape index (κ2) is 8.93. The lowest BCUT2D eigenvalue weighted by Crippen LogP contribution is -2.27. The van der Waals surface area contributed by atoms with Crippen LogP contribution < -0.4 is 0 Å². The Morgan fingerprint density at radius 1 is 1.18 bits per heavy atom. The number of furan rings is 1. The standard InChI is InChI=1S/C22H13ClN2O7S/c23-17-9-13(4-6-16(17)21(27)28)18-7-5-15(32-18)10-19-20(26)24(22(29)33-19)11-12-2-1-3-14(8-12)25(30)31/h1-10H,11H2,(H,27,28). The molecule has 0 saturated carbocycles.